The molecule has 0 radical (unpaired) electrons. The average Bonchev–Trinajstić information content (AvgIpc) is 2.27. The van der Waals surface area contributed by atoms with Crippen molar-refractivity contribution in [1.29, 1.82) is 0 Å². The van der Waals surface area contributed by atoms with Crippen LogP contribution < -0.4 is 0 Å². The minimum absolute atomic E-state index is 0.385. The Kier molecular flexibility index (Phi) is 4.11. The SMILES string of the molecule is COC(=O)C(C(C)=O)c1ccccc1C(F)(F)F. The van der Waals surface area contributed by atoms with Gasteiger partial charge in [-0.3, -0.25) is 9.59 Å². The third-order valence-corrected chi connectivity index (χ3v) is 2.42. The molecule has 0 bridgehead atoms. The number of methoxy groups -OCH3 is 1. The largest absolute Gasteiger partial charge is 0.468 e. The van der Waals surface area contributed by atoms with Crippen LogP contribution in [0, 0.1) is 0 Å². The van der Waals surface area contributed by atoms with Gasteiger partial charge in [0.05, 0.1) is 12.7 Å². The monoisotopic (exact) mass is 260 g/mol. The maximum Gasteiger partial charge on any atom is 0.416 e. The summed E-state index contributed by atoms with van der Waals surface area (Å²) in [6.45, 7) is 1.05. The van der Waals surface area contributed by atoms with Gasteiger partial charge in [-0.05, 0) is 18.6 Å². The number of ketones is 1. The summed E-state index contributed by atoms with van der Waals surface area (Å²) in [5.74, 6) is -3.24. The van der Waals surface area contributed by atoms with Gasteiger partial charge in [-0.2, -0.15) is 13.2 Å². The minimum atomic E-state index is -4.63. The Morgan fingerprint density at radius 2 is 1.78 bits per heavy atom. The Labute approximate surface area is 102 Å². The highest BCUT2D eigenvalue weighted by molar-refractivity contribution is 6.03. The number of hydrogen-bond acceptors (Lipinski definition) is 3. The highest BCUT2D eigenvalue weighted by Gasteiger charge is 2.38. The molecule has 3 nitrogen and oxygen atoms in total. The van der Waals surface area contributed by atoms with Gasteiger partial charge in [-0.25, -0.2) is 0 Å². The van der Waals surface area contributed by atoms with Crippen molar-refractivity contribution in [2.75, 3.05) is 7.11 Å². The van der Waals surface area contributed by atoms with E-state index in [0.29, 0.717) is 0 Å². The summed E-state index contributed by atoms with van der Waals surface area (Å²) in [4.78, 5) is 22.8. The van der Waals surface area contributed by atoms with Gasteiger partial charge in [-0.15, -0.1) is 0 Å². The van der Waals surface area contributed by atoms with Crippen LogP contribution in [0.2, 0.25) is 0 Å². The Hall–Kier alpha value is -1.85. The van der Waals surface area contributed by atoms with E-state index in [4.69, 9.17) is 0 Å². The number of halogens is 3. The minimum Gasteiger partial charge on any atom is -0.468 e. The first-order valence-electron chi connectivity index (χ1n) is 5.03. The molecule has 0 aromatic heterocycles. The topological polar surface area (TPSA) is 43.4 Å². The average molecular weight is 260 g/mol. The molecule has 0 aliphatic heterocycles. The molecule has 0 saturated carbocycles. The molecule has 98 valence electrons. The predicted molar refractivity (Wildman–Crippen MR) is 56.9 cm³/mol. The zero-order chi connectivity index (χ0) is 13.9. The highest BCUT2D eigenvalue weighted by atomic mass is 19.4. The number of carbonyl (C=O) groups excluding carboxylic acids is 2. The van der Waals surface area contributed by atoms with Crippen molar-refractivity contribution in [2.45, 2.75) is 19.0 Å². The molecule has 0 spiro atoms. The molecule has 1 rings (SSSR count). The third-order valence-electron chi connectivity index (χ3n) is 2.42. The zero-order valence-corrected chi connectivity index (χ0v) is 9.75. The van der Waals surface area contributed by atoms with Crippen LogP contribution in [0.1, 0.15) is 24.0 Å². The lowest BCUT2D eigenvalue weighted by Gasteiger charge is -2.17. The Bertz CT molecular complexity index is 466. The molecule has 6 heteroatoms. The van der Waals surface area contributed by atoms with E-state index in [-0.39, 0.29) is 5.56 Å². The van der Waals surface area contributed by atoms with Crippen molar-refractivity contribution in [3.05, 3.63) is 35.4 Å². The van der Waals surface area contributed by atoms with E-state index < -0.39 is 29.4 Å². The van der Waals surface area contributed by atoms with Crippen LogP contribution in [0.3, 0.4) is 0 Å². The number of carbonyl (C=O) groups is 2. The number of ether oxygens (including phenoxy) is 1. The van der Waals surface area contributed by atoms with Crippen molar-refractivity contribution in [3.8, 4) is 0 Å². The quantitative estimate of drug-likeness (QED) is 0.619. The molecule has 1 atom stereocenters. The standard InChI is InChI=1S/C12H11F3O3/c1-7(16)10(11(17)18-2)8-5-3-4-6-9(8)12(13,14)15/h3-6,10H,1-2H3. The molecule has 0 aliphatic rings. The van der Waals surface area contributed by atoms with Gasteiger partial charge in [0.1, 0.15) is 11.7 Å². The summed E-state index contributed by atoms with van der Waals surface area (Å²) in [5, 5.41) is 0. The van der Waals surface area contributed by atoms with Gasteiger partial charge in [0.2, 0.25) is 0 Å². The van der Waals surface area contributed by atoms with E-state index in [0.717, 1.165) is 26.2 Å². The maximum atomic E-state index is 12.8. The third kappa shape index (κ3) is 2.88. The molecule has 0 heterocycles. The molecule has 18 heavy (non-hydrogen) atoms. The predicted octanol–water partition coefficient (Wildman–Crippen LogP) is 2.55. The number of Topliss-reactive ketones (excluding diaryl/α,β-unsaturated/α-hetero) is 1. The van der Waals surface area contributed by atoms with Gasteiger partial charge in [0, 0.05) is 0 Å². The molecule has 1 aromatic carbocycles. The normalized spacial score (nSPS) is 12.9. The Morgan fingerprint density at radius 1 is 1.22 bits per heavy atom. The van der Waals surface area contributed by atoms with Crippen molar-refractivity contribution in [2.24, 2.45) is 0 Å². The summed E-state index contributed by atoms with van der Waals surface area (Å²) in [7, 11) is 1.02. The van der Waals surface area contributed by atoms with E-state index in [1.54, 1.807) is 0 Å². The first kappa shape index (κ1) is 14.2. The van der Waals surface area contributed by atoms with Crippen LogP contribution in [-0.4, -0.2) is 18.9 Å². The van der Waals surface area contributed by atoms with E-state index in [2.05, 4.69) is 4.74 Å². The first-order valence-corrected chi connectivity index (χ1v) is 5.03. The Balaban J connectivity index is 3.38. The van der Waals surface area contributed by atoms with Gasteiger partial charge < -0.3 is 4.74 Å². The lowest BCUT2D eigenvalue weighted by atomic mass is 9.91. The van der Waals surface area contributed by atoms with Gasteiger partial charge >= 0.3 is 12.1 Å². The van der Waals surface area contributed by atoms with Crippen molar-refractivity contribution < 1.29 is 27.5 Å². The van der Waals surface area contributed by atoms with Crippen LogP contribution in [0.4, 0.5) is 13.2 Å². The number of rotatable bonds is 3. The van der Waals surface area contributed by atoms with Crippen LogP contribution in [0.5, 0.6) is 0 Å². The fraction of sp³-hybridized carbons (Fsp3) is 0.333. The van der Waals surface area contributed by atoms with Crippen molar-refractivity contribution in [3.63, 3.8) is 0 Å². The van der Waals surface area contributed by atoms with E-state index in [1.165, 1.54) is 12.1 Å². The first-order chi connectivity index (χ1) is 8.29. The van der Waals surface area contributed by atoms with Gasteiger partial charge in [0.15, 0.2) is 0 Å². The van der Waals surface area contributed by atoms with Crippen LogP contribution in [0.15, 0.2) is 24.3 Å². The number of alkyl halides is 3. The maximum absolute atomic E-state index is 12.8. The molecule has 0 fully saturated rings. The summed E-state index contributed by atoms with van der Waals surface area (Å²) in [6.07, 6.45) is -4.63. The second kappa shape index (κ2) is 5.20. The van der Waals surface area contributed by atoms with Crippen molar-refractivity contribution in [1.82, 2.24) is 0 Å². The van der Waals surface area contributed by atoms with Crippen molar-refractivity contribution >= 4 is 11.8 Å². The highest BCUT2D eigenvalue weighted by Crippen LogP contribution is 2.35. The fourth-order valence-corrected chi connectivity index (χ4v) is 1.64. The molecule has 0 N–H and O–H groups in total. The summed E-state index contributed by atoms with van der Waals surface area (Å²) in [5.41, 5.74) is -1.39. The molecule has 0 amide bonds. The molecular weight excluding hydrogens is 249 g/mol. The molecule has 0 aliphatic carbocycles. The molecular formula is C12H11F3O3. The Morgan fingerprint density at radius 3 is 2.22 bits per heavy atom. The molecule has 0 saturated heterocycles. The van der Waals surface area contributed by atoms with Crippen LogP contribution in [-0.2, 0) is 20.5 Å². The number of hydrogen-bond donors (Lipinski definition) is 0. The number of benzene rings is 1. The summed E-state index contributed by atoms with van der Waals surface area (Å²) < 4.78 is 42.7. The van der Waals surface area contributed by atoms with Gasteiger partial charge in [-0.1, -0.05) is 18.2 Å². The van der Waals surface area contributed by atoms with Crippen LogP contribution >= 0.6 is 0 Å². The molecule has 1 aromatic rings. The summed E-state index contributed by atoms with van der Waals surface area (Å²) in [6, 6.07) is 4.46. The molecule has 1 unspecified atom stereocenters. The lowest BCUT2D eigenvalue weighted by Crippen LogP contribution is -2.24. The van der Waals surface area contributed by atoms with E-state index >= 15 is 0 Å². The lowest BCUT2D eigenvalue weighted by molar-refractivity contribution is -0.146. The zero-order valence-electron chi connectivity index (χ0n) is 9.75. The smallest absolute Gasteiger partial charge is 0.416 e. The van der Waals surface area contributed by atoms with Crippen LogP contribution in [0.25, 0.3) is 0 Å². The summed E-state index contributed by atoms with van der Waals surface area (Å²) >= 11 is 0. The number of esters is 1. The van der Waals surface area contributed by atoms with E-state index in [1.807, 2.05) is 0 Å². The van der Waals surface area contributed by atoms with E-state index in [9.17, 15) is 22.8 Å². The van der Waals surface area contributed by atoms with Gasteiger partial charge in [0.25, 0.3) is 0 Å². The second-order valence-electron chi connectivity index (χ2n) is 3.65. The second-order valence-corrected chi connectivity index (χ2v) is 3.65. The fourth-order valence-electron chi connectivity index (χ4n) is 1.64.